The highest BCUT2D eigenvalue weighted by molar-refractivity contribution is 9.10. The Kier molecular flexibility index (Phi) is 9.78. The van der Waals surface area contributed by atoms with Crippen LogP contribution in [0.2, 0.25) is 0 Å². The molecule has 3 aromatic heterocycles. The summed E-state index contributed by atoms with van der Waals surface area (Å²) < 4.78 is 54.5. The van der Waals surface area contributed by atoms with Gasteiger partial charge in [-0.2, -0.15) is 13.2 Å². The van der Waals surface area contributed by atoms with E-state index >= 15 is 0 Å². The molecule has 4 aromatic rings. The van der Waals surface area contributed by atoms with Crippen LogP contribution < -0.4 is 26.2 Å². The monoisotopic (exact) mass is 768 g/mol. The van der Waals surface area contributed by atoms with Crippen molar-refractivity contribution in [1.29, 1.82) is 0 Å². The van der Waals surface area contributed by atoms with Gasteiger partial charge >= 0.3 is 6.18 Å². The number of carbonyl (C=O) groups is 1. The van der Waals surface area contributed by atoms with Crippen LogP contribution >= 0.6 is 15.9 Å². The van der Waals surface area contributed by atoms with E-state index in [2.05, 4.69) is 36.0 Å². The van der Waals surface area contributed by atoms with Gasteiger partial charge in [-0.05, 0) is 72.9 Å². The molecule has 4 aliphatic heterocycles. The molecule has 2 fully saturated rings. The lowest BCUT2D eigenvalue weighted by Crippen LogP contribution is -2.51. The largest absolute Gasteiger partial charge is 0.433 e. The van der Waals surface area contributed by atoms with Crippen LogP contribution in [0.3, 0.4) is 0 Å². The maximum Gasteiger partial charge on any atom is 0.433 e. The molecule has 1 aromatic carbocycles. The molecule has 0 saturated carbocycles. The van der Waals surface area contributed by atoms with E-state index in [4.69, 9.17) is 9.47 Å². The van der Waals surface area contributed by atoms with Crippen molar-refractivity contribution < 1.29 is 27.4 Å². The van der Waals surface area contributed by atoms with Crippen molar-refractivity contribution in [1.82, 2.24) is 14.1 Å². The fourth-order valence-electron chi connectivity index (χ4n) is 7.10. The van der Waals surface area contributed by atoms with Gasteiger partial charge in [0.05, 0.1) is 38.5 Å². The highest BCUT2D eigenvalue weighted by Gasteiger charge is 2.33. The molecule has 51 heavy (non-hydrogen) atoms. The predicted molar refractivity (Wildman–Crippen MR) is 190 cm³/mol. The van der Waals surface area contributed by atoms with Crippen molar-refractivity contribution in [2.75, 3.05) is 54.6 Å². The van der Waals surface area contributed by atoms with Gasteiger partial charge in [-0.1, -0.05) is 22.0 Å². The van der Waals surface area contributed by atoms with Crippen molar-refractivity contribution in [2.45, 2.75) is 51.1 Å². The first kappa shape index (κ1) is 35.0. The van der Waals surface area contributed by atoms with E-state index in [1.165, 1.54) is 6.07 Å². The van der Waals surface area contributed by atoms with Crippen molar-refractivity contribution >= 4 is 39.2 Å². The maximum atomic E-state index is 13.0. The smallest absolute Gasteiger partial charge is 0.377 e. The molecule has 2 atom stereocenters. The Morgan fingerprint density at radius 3 is 2.12 bits per heavy atom. The average Bonchev–Trinajstić information content (AvgIpc) is 3.12. The second-order valence-electron chi connectivity index (χ2n) is 12.9. The van der Waals surface area contributed by atoms with Gasteiger partial charge in [-0.25, -0.2) is 0 Å². The van der Waals surface area contributed by atoms with E-state index in [-0.39, 0.29) is 22.7 Å². The van der Waals surface area contributed by atoms with E-state index < -0.39 is 17.8 Å². The standard InChI is InChI=1S/C25H23F3N4O3.C11H13BrN2O2/c1-15-2-3-18(30-24(34)16-4-6-29-21(10-16)25(26,27)28)13-20(15)17-11-22-31-8-9-35-14-19(31)5-7-32(22)23(33)12-17;12-8-5-10-13-3-4-16-7-9(13)1-2-14(10)11(15)6-8/h2-4,6,10-13,19H,5,7-9,14H2,1H3,(H,30,34);5-6,9H,1-4,7H2. The number of halogens is 4. The number of amides is 1. The van der Waals surface area contributed by atoms with Crippen LogP contribution in [0.25, 0.3) is 11.1 Å². The van der Waals surface area contributed by atoms with E-state index in [0.717, 1.165) is 72.6 Å². The first-order chi connectivity index (χ1) is 24.5. The lowest BCUT2D eigenvalue weighted by Gasteiger charge is -2.42. The van der Waals surface area contributed by atoms with Crippen LogP contribution in [-0.4, -0.2) is 71.6 Å². The number of nitrogens with zero attached hydrogens (tertiary/aromatic N) is 5. The number of hydrogen-bond acceptors (Lipinski definition) is 8. The van der Waals surface area contributed by atoms with Crippen LogP contribution in [0, 0.1) is 6.92 Å². The molecule has 8 rings (SSSR count). The lowest BCUT2D eigenvalue weighted by molar-refractivity contribution is -0.141. The Bertz CT molecular complexity index is 2090. The Hall–Kier alpha value is -4.47. The summed E-state index contributed by atoms with van der Waals surface area (Å²) >= 11 is 3.39. The molecule has 4 aliphatic rings. The first-order valence-electron chi connectivity index (χ1n) is 16.8. The third kappa shape index (κ3) is 7.32. The molecule has 0 spiro atoms. The highest BCUT2D eigenvalue weighted by Crippen LogP contribution is 2.33. The Morgan fingerprint density at radius 2 is 1.47 bits per heavy atom. The van der Waals surface area contributed by atoms with Crippen LogP contribution in [-0.2, 0) is 28.7 Å². The second-order valence-corrected chi connectivity index (χ2v) is 13.9. The van der Waals surface area contributed by atoms with E-state index in [1.807, 2.05) is 23.6 Å². The number of anilines is 3. The molecule has 11 nitrogen and oxygen atoms in total. The topological polar surface area (TPSA) is 111 Å². The quantitative estimate of drug-likeness (QED) is 0.299. The maximum absolute atomic E-state index is 13.0. The van der Waals surface area contributed by atoms with E-state index in [0.29, 0.717) is 49.7 Å². The zero-order valence-electron chi connectivity index (χ0n) is 27.8. The molecule has 0 aliphatic carbocycles. The number of alkyl halides is 3. The minimum Gasteiger partial charge on any atom is -0.377 e. The first-order valence-corrected chi connectivity index (χ1v) is 17.6. The van der Waals surface area contributed by atoms with Gasteiger partial charge in [0.15, 0.2) is 0 Å². The number of ether oxygens (including phenoxy) is 2. The van der Waals surface area contributed by atoms with Gasteiger partial charge in [0.2, 0.25) is 0 Å². The number of benzene rings is 1. The molecule has 2 saturated heterocycles. The fourth-order valence-corrected chi connectivity index (χ4v) is 7.50. The van der Waals surface area contributed by atoms with Gasteiger partial charge in [0.1, 0.15) is 17.3 Å². The van der Waals surface area contributed by atoms with Gasteiger partial charge in [-0.15, -0.1) is 0 Å². The van der Waals surface area contributed by atoms with Crippen molar-refractivity contribution in [3.63, 3.8) is 0 Å². The number of aromatic nitrogens is 3. The SMILES string of the molecule is Cc1ccc(NC(=O)c2ccnc(C(F)(F)F)c2)cc1-c1cc2n(c(=O)c1)CCC1COCCN21.O=c1cc(Br)cc2n1CCC1COCCN21. The molecule has 1 N–H and O–H groups in total. The van der Waals surface area contributed by atoms with Gasteiger partial charge in [0.25, 0.3) is 17.0 Å². The molecule has 0 radical (unpaired) electrons. The zero-order chi connectivity index (χ0) is 35.9. The van der Waals surface area contributed by atoms with Gasteiger partial charge in [0, 0.05) is 60.2 Å². The minimum absolute atomic E-state index is 0.0781. The average molecular weight is 770 g/mol. The molecular formula is C36H36BrF3N6O5. The van der Waals surface area contributed by atoms with Gasteiger partial charge < -0.3 is 24.6 Å². The third-order valence-corrected chi connectivity index (χ3v) is 10.2. The summed E-state index contributed by atoms with van der Waals surface area (Å²) in [5, 5.41) is 2.65. The minimum atomic E-state index is -4.65. The van der Waals surface area contributed by atoms with Crippen LogP contribution in [0.4, 0.5) is 30.5 Å². The Balaban J connectivity index is 0.000000210. The summed E-state index contributed by atoms with van der Waals surface area (Å²) in [4.78, 5) is 45.2. The summed E-state index contributed by atoms with van der Waals surface area (Å²) in [6.45, 7) is 7.65. The summed E-state index contributed by atoms with van der Waals surface area (Å²) in [7, 11) is 0. The lowest BCUT2D eigenvalue weighted by atomic mass is 9.99. The fraction of sp³-hybridized carbons (Fsp3) is 0.389. The van der Waals surface area contributed by atoms with Crippen molar-refractivity contribution in [3.05, 3.63) is 103 Å². The van der Waals surface area contributed by atoms with Crippen LogP contribution in [0.1, 0.15) is 34.5 Å². The predicted octanol–water partition coefficient (Wildman–Crippen LogP) is 5.32. The third-order valence-electron chi connectivity index (χ3n) is 9.71. The molecule has 1 amide bonds. The van der Waals surface area contributed by atoms with Crippen molar-refractivity contribution in [3.8, 4) is 11.1 Å². The summed E-state index contributed by atoms with van der Waals surface area (Å²) in [5.41, 5.74) is 1.45. The molecule has 7 heterocycles. The van der Waals surface area contributed by atoms with Crippen LogP contribution in [0.15, 0.2) is 74.9 Å². The molecule has 2 unspecified atom stereocenters. The van der Waals surface area contributed by atoms with Crippen LogP contribution in [0.5, 0.6) is 0 Å². The number of aryl methyl sites for hydroxylation is 1. The van der Waals surface area contributed by atoms with E-state index in [1.54, 1.807) is 34.9 Å². The summed E-state index contributed by atoms with van der Waals surface area (Å²) in [5.74, 6) is 1.19. The zero-order valence-corrected chi connectivity index (χ0v) is 29.4. The number of nitrogens with one attached hydrogen (secondary N) is 1. The number of pyridine rings is 3. The second kappa shape index (κ2) is 14.3. The number of carbonyl (C=O) groups excluding carboxylic acids is 1. The van der Waals surface area contributed by atoms with E-state index in [9.17, 15) is 27.6 Å². The summed E-state index contributed by atoms with van der Waals surface area (Å²) in [6, 6.07) is 15.0. The number of hydrogen-bond donors (Lipinski definition) is 1. The molecule has 15 heteroatoms. The number of morpholine rings is 2. The van der Waals surface area contributed by atoms with Crippen molar-refractivity contribution in [2.24, 2.45) is 0 Å². The summed E-state index contributed by atoms with van der Waals surface area (Å²) in [6.07, 6.45) is -1.85. The Morgan fingerprint density at radius 1 is 0.843 bits per heavy atom. The Labute approximate surface area is 299 Å². The molecular weight excluding hydrogens is 733 g/mol. The number of rotatable bonds is 3. The highest BCUT2D eigenvalue weighted by atomic mass is 79.9. The normalized spacial score (nSPS) is 19.5. The van der Waals surface area contributed by atoms with Gasteiger partial charge in [-0.3, -0.25) is 28.5 Å². The molecule has 0 bridgehead atoms. The molecule has 268 valence electrons. The number of fused-ring (bicyclic) bond motifs is 6.